The minimum absolute atomic E-state index is 0.0528. The lowest BCUT2D eigenvalue weighted by Crippen LogP contribution is -2.37. The Labute approximate surface area is 145 Å². The molecule has 0 bridgehead atoms. The van der Waals surface area contributed by atoms with E-state index < -0.39 is 0 Å². The van der Waals surface area contributed by atoms with Gasteiger partial charge in [-0.25, -0.2) is 0 Å². The van der Waals surface area contributed by atoms with E-state index in [1.165, 1.54) is 0 Å². The molecule has 4 nitrogen and oxygen atoms in total. The van der Waals surface area contributed by atoms with Crippen LogP contribution in [0.2, 0.25) is 10.0 Å². The second kappa shape index (κ2) is 7.29. The summed E-state index contributed by atoms with van der Waals surface area (Å²) in [6, 6.07) is 9.70. The number of ether oxygens (including phenoxy) is 1. The largest absolute Gasteiger partial charge is 0.371 e. The van der Waals surface area contributed by atoms with E-state index in [9.17, 15) is 0 Å². The van der Waals surface area contributed by atoms with E-state index in [4.69, 9.17) is 33.2 Å². The van der Waals surface area contributed by atoms with Crippen LogP contribution in [0, 0.1) is 11.3 Å². The minimum Gasteiger partial charge on any atom is -0.371 e. The van der Waals surface area contributed by atoms with E-state index in [0.29, 0.717) is 28.8 Å². The van der Waals surface area contributed by atoms with Crippen molar-refractivity contribution in [2.75, 3.05) is 19.7 Å². The van der Waals surface area contributed by atoms with Crippen LogP contribution < -0.4 is 0 Å². The van der Waals surface area contributed by atoms with E-state index in [1.54, 1.807) is 18.5 Å². The molecule has 1 saturated heterocycles. The number of hydrogen-bond donors (Lipinski definition) is 0. The van der Waals surface area contributed by atoms with Gasteiger partial charge in [-0.15, -0.1) is 0 Å². The van der Waals surface area contributed by atoms with Gasteiger partial charge >= 0.3 is 0 Å². The first-order valence-electron chi connectivity index (χ1n) is 7.29. The maximum atomic E-state index is 9.03. The van der Waals surface area contributed by atoms with Crippen LogP contribution in [0.25, 0.3) is 0 Å². The summed E-state index contributed by atoms with van der Waals surface area (Å²) >= 11 is 12.3. The zero-order valence-corrected chi connectivity index (χ0v) is 13.9. The second-order valence-corrected chi connectivity index (χ2v) is 6.21. The van der Waals surface area contributed by atoms with Crippen LogP contribution in [0.4, 0.5) is 0 Å². The van der Waals surface area contributed by atoms with Gasteiger partial charge in [-0.1, -0.05) is 35.3 Å². The number of nitrogens with zero attached hydrogens (tertiary/aromatic N) is 3. The van der Waals surface area contributed by atoms with Crippen LogP contribution in [-0.2, 0) is 11.3 Å². The van der Waals surface area contributed by atoms with Gasteiger partial charge in [-0.05, 0) is 17.7 Å². The molecule has 1 aromatic heterocycles. The SMILES string of the molecule is N#Cc1cccc(C2CN(Cc3cncc(Cl)c3Cl)CCO2)c1. The van der Waals surface area contributed by atoms with Crippen LogP contribution >= 0.6 is 23.2 Å². The van der Waals surface area contributed by atoms with Crippen molar-refractivity contribution in [3.05, 3.63) is 63.4 Å². The van der Waals surface area contributed by atoms with E-state index >= 15 is 0 Å². The molecule has 1 aliphatic rings. The summed E-state index contributed by atoms with van der Waals surface area (Å²) in [5.74, 6) is 0. The summed E-state index contributed by atoms with van der Waals surface area (Å²) in [4.78, 5) is 6.36. The molecule has 3 rings (SSSR count). The lowest BCUT2D eigenvalue weighted by Gasteiger charge is -2.33. The number of rotatable bonds is 3. The second-order valence-electron chi connectivity index (χ2n) is 5.43. The summed E-state index contributed by atoms with van der Waals surface area (Å²) in [5.41, 5.74) is 2.57. The molecule has 2 heterocycles. The minimum atomic E-state index is -0.0528. The molecule has 0 N–H and O–H groups in total. The highest BCUT2D eigenvalue weighted by Crippen LogP contribution is 2.28. The van der Waals surface area contributed by atoms with Gasteiger partial charge in [0.2, 0.25) is 0 Å². The van der Waals surface area contributed by atoms with E-state index in [1.807, 2.05) is 18.2 Å². The molecule has 0 amide bonds. The van der Waals surface area contributed by atoms with Crippen molar-refractivity contribution in [1.29, 1.82) is 5.26 Å². The Kier molecular flexibility index (Phi) is 5.14. The fourth-order valence-corrected chi connectivity index (χ4v) is 3.00. The van der Waals surface area contributed by atoms with Gasteiger partial charge < -0.3 is 4.74 Å². The molecule has 1 aliphatic heterocycles. The monoisotopic (exact) mass is 347 g/mol. The molecule has 6 heteroatoms. The van der Waals surface area contributed by atoms with Crippen LogP contribution in [-0.4, -0.2) is 29.6 Å². The van der Waals surface area contributed by atoms with Gasteiger partial charge in [0, 0.05) is 37.6 Å². The zero-order chi connectivity index (χ0) is 16.2. The first kappa shape index (κ1) is 16.2. The molecule has 118 valence electrons. The third-order valence-electron chi connectivity index (χ3n) is 3.84. The molecular formula is C17H15Cl2N3O. The smallest absolute Gasteiger partial charge is 0.0991 e. The number of hydrogen-bond acceptors (Lipinski definition) is 4. The van der Waals surface area contributed by atoms with Crippen LogP contribution in [0.5, 0.6) is 0 Å². The number of morpholine rings is 1. The molecule has 0 radical (unpaired) electrons. The lowest BCUT2D eigenvalue weighted by molar-refractivity contribution is -0.0329. The van der Waals surface area contributed by atoms with Crippen molar-refractivity contribution in [1.82, 2.24) is 9.88 Å². The Morgan fingerprint density at radius 3 is 3.04 bits per heavy atom. The maximum Gasteiger partial charge on any atom is 0.0991 e. The highest BCUT2D eigenvalue weighted by Gasteiger charge is 2.23. The molecule has 0 aliphatic carbocycles. The van der Waals surface area contributed by atoms with Gasteiger partial charge in [-0.2, -0.15) is 5.26 Å². The predicted molar refractivity (Wildman–Crippen MR) is 89.4 cm³/mol. The first-order valence-corrected chi connectivity index (χ1v) is 8.05. The number of pyridine rings is 1. The predicted octanol–water partition coefficient (Wildman–Crippen LogP) is 3.83. The van der Waals surface area contributed by atoms with E-state index in [2.05, 4.69) is 16.0 Å². The van der Waals surface area contributed by atoms with Crippen molar-refractivity contribution in [2.24, 2.45) is 0 Å². The zero-order valence-electron chi connectivity index (χ0n) is 12.4. The highest BCUT2D eigenvalue weighted by atomic mass is 35.5. The molecule has 1 aromatic carbocycles. The summed E-state index contributed by atoms with van der Waals surface area (Å²) in [5, 5.41) is 10.0. The third kappa shape index (κ3) is 3.82. The van der Waals surface area contributed by atoms with Crippen molar-refractivity contribution < 1.29 is 4.74 Å². The lowest BCUT2D eigenvalue weighted by atomic mass is 10.0. The topological polar surface area (TPSA) is 49.2 Å². The first-order chi connectivity index (χ1) is 11.2. The summed E-state index contributed by atoms with van der Waals surface area (Å²) in [6.07, 6.45) is 3.24. The highest BCUT2D eigenvalue weighted by molar-refractivity contribution is 6.42. The Balaban J connectivity index is 1.73. The third-order valence-corrected chi connectivity index (χ3v) is 4.67. The molecule has 1 unspecified atom stereocenters. The number of nitriles is 1. The molecule has 0 saturated carbocycles. The molecule has 1 fully saturated rings. The molecule has 0 spiro atoms. The maximum absolute atomic E-state index is 9.03. The van der Waals surface area contributed by atoms with Gasteiger partial charge in [0.15, 0.2) is 0 Å². The van der Waals surface area contributed by atoms with Gasteiger partial charge in [0.1, 0.15) is 0 Å². The summed E-state index contributed by atoms with van der Waals surface area (Å²) in [6.45, 7) is 2.85. The van der Waals surface area contributed by atoms with Crippen LogP contribution in [0.3, 0.4) is 0 Å². The number of benzene rings is 1. The fraction of sp³-hybridized carbons (Fsp3) is 0.294. The average Bonchev–Trinajstić information content (AvgIpc) is 2.59. The van der Waals surface area contributed by atoms with Crippen molar-refractivity contribution >= 4 is 23.2 Å². The van der Waals surface area contributed by atoms with Gasteiger partial charge in [-0.3, -0.25) is 9.88 Å². The number of halogens is 2. The van der Waals surface area contributed by atoms with Crippen LogP contribution in [0.15, 0.2) is 36.7 Å². The number of aromatic nitrogens is 1. The Morgan fingerprint density at radius 2 is 2.22 bits per heavy atom. The molecule has 1 atom stereocenters. The molecule has 2 aromatic rings. The van der Waals surface area contributed by atoms with E-state index in [-0.39, 0.29) is 6.10 Å². The summed E-state index contributed by atoms with van der Waals surface area (Å²) < 4.78 is 5.86. The standard InChI is InChI=1S/C17H15Cl2N3O/c18-15-9-21-8-14(17(15)19)10-22-4-5-23-16(11-22)13-3-1-2-12(6-13)7-20/h1-3,6,8-9,16H,4-5,10-11H2. The van der Waals surface area contributed by atoms with E-state index in [0.717, 1.165) is 24.2 Å². The Hall–Kier alpha value is -1.64. The van der Waals surface area contributed by atoms with Crippen molar-refractivity contribution in [3.8, 4) is 6.07 Å². The molecule has 23 heavy (non-hydrogen) atoms. The van der Waals surface area contributed by atoms with Gasteiger partial charge in [0.05, 0.1) is 34.4 Å². The Morgan fingerprint density at radius 1 is 1.35 bits per heavy atom. The molecular weight excluding hydrogens is 333 g/mol. The van der Waals surface area contributed by atoms with Crippen molar-refractivity contribution in [2.45, 2.75) is 12.6 Å². The van der Waals surface area contributed by atoms with Gasteiger partial charge in [0.25, 0.3) is 0 Å². The fourth-order valence-electron chi connectivity index (χ4n) is 2.67. The Bertz CT molecular complexity index is 745. The van der Waals surface area contributed by atoms with Crippen LogP contribution in [0.1, 0.15) is 22.8 Å². The summed E-state index contributed by atoms with van der Waals surface area (Å²) in [7, 11) is 0. The average molecular weight is 348 g/mol. The van der Waals surface area contributed by atoms with Crippen molar-refractivity contribution in [3.63, 3.8) is 0 Å². The normalized spacial score (nSPS) is 18.6. The quantitative estimate of drug-likeness (QED) is 0.846.